The number of carbonyl (C=O) groups excluding carboxylic acids is 1. The van der Waals surface area contributed by atoms with Crippen molar-refractivity contribution < 1.29 is 19.0 Å². The van der Waals surface area contributed by atoms with E-state index in [9.17, 15) is 4.79 Å². The topological polar surface area (TPSA) is 51.2 Å². The lowest BCUT2D eigenvalue weighted by Crippen LogP contribution is -2.40. The van der Waals surface area contributed by atoms with Gasteiger partial charge in [0, 0.05) is 49.6 Å². The van der Waals surface area contributed by atoms with Gasteiger partial charge in [0.2, 0.25) is 0 Å². The van der Waals surface area contributed by atoms with Gasteiger partial charge < -0.3 is 24.0 Å². The number of carbonyl (C=O) groups is 1. The molecule has 1 fully saturated rings. The third-order valence-corrected chi connectivity index (χ3v) is 8.06. The summed E-state index contributed by atoms with van der Waals surface area (Å²) >= 11 is 0. The Bertz CT molecular complexity index is 1100. The number of nitrogens with zero attached hydrogens (tertiary/aromatic N) is 2. The van der Waals surface area contributed by atoms with Crippen molar-refractivity contribution in [3.05, 3.63) is 52.6 Å². The van der Waals surface area contributed by atoms with Gasteiger partial charge in [-0.2, -0.15) is 0 Å². The number of aryl methyl sites for hydroxylation is 1. The van der Waals surface area contributed by atoms with Crippen molar-refractivity contribution in [2.24, 2.45) is 5.92 Å². The van der Waals surface area contributed by atoms with Crippen molar-refractivity contribution in [1.29, 1.82) is 0 Å². The van der Waals surface area contributed by atoms with Gasteiger partial charge in [-0.1, -0.05) is 13.0 Å². The number of hydrogen-bond donors (Lipinski definition) is 0. The van der Waals surface area contributed by atoms with Crippen LogP contribution in [0.2, 0.25) is 0 Å². The van der Waals surface area contributed by atoms with Crippen molar-refractivity contribution in [3.63, 3.8) is 0 Å². The smallest absolute Gasteiger partial charge is 0.338 e. The highest BCUT2D eigenvalue weighted by atomic mass is 16.6. The first-order valence-corrected chi connectivity index (χ1v) is 11.8. The summed E-state index contributed by atoms with van der Waals surface area (Å²) in [7, 11) is 7.87. The van der Waals surface area contributed by atoms with Gasteiger partial charge in [0.25, 0.3) is 0 Å². The highest BCUT2D eigenvalue weighted by molar-refractivity contribution is 5.90. The van der Waals surface area contributed by atoms with Gasteiger partial charge >= 0.3 is 5.97 Å². The molecule has 0 amide bonds. The van der Waals surface area contributed by atoms with Crippen LogP contribution in [0.25, 0.3) is 0 Å². The predicted molar refractivity (Wildman–Crippen MR) is 129 cm³/mol. The molecular formula is C27H34N2O4. The number of methoxy groups -OCH3 is 1. The van der Waals surface area contributed by atoms with Gasteiger partial charge in [0.05, 0.1) is 12.7 Å². The lowest BCUT2D eigenvalue weighted by Gasteiger charge is -2.34. The van der Waals surface area contributed by atoms with E-state index in [0.29, 0.717) is 12.0 Å². The summed E-state index contributed by atoms with van der Waals surface area (Å²) in [6.07, 6.45) is 1.47. The predicted octanol–water partition coefficient (Wildman–Crippen LogP) is 4.17. The summed E-state index contributed by atoms with van der Waals surface area (Å²) in [5.41, 5.74) is 5.16. The highest BCUT2D eigenvalue weighted by Gasteiger charge is 2.62. The molecule has 3 aliphatic rings. The molecule has 1 aliphatic carbocycles. The number of rotatable bonds is 4. The molecule has 6 nitrogen and oxygen atoms in total. The molecule has 2 heterocycles. The molecule has 1 saturated carbocycles. The van der Waals surface area contributed by atoms with Gasteiger partial charge in [-0.05, 0) is 62.3 Å². The molecule has 4 atom stereocenters. The molecule has 2 aromatic rings. The average molecular weight is 451 g/mol. The van der Waals surface area contributed by atoms with Crippen molar-refractivity contribution in [2.75, 3.05) is 39.7 Å². The van der Waals surface area contributed by atoms with E-state index in [2.05, 4.69) is 24.9 Å². The van der Waals surface area contributed by atoms with Crippen molar-refractivity contribution >= 4 is 11.7 Å². The average Bonchev–Trinajstić information content (AvgIpc) is 3.17. The van der Waals surface area contributed by atoms with Crippen LogP contribution in [0, 0.1) is 12.8 Å². The second kappa shape index (κ2) is 7.94. The van der Waals surface area contributed by atoms with Crippen molar-refractivity contribution in [1.82, 2.24) is 4.90 Å². The minimum absolute atomic E-state index is 0.0142. The Morgan fingerprint density at radius 3 is 2.73 bits per heavy atom. The molecule has 1 spiro atoms. The van der Waals surface area contributed by atoms with E-state index >= 15 is 0 Å². The SMILES string of the molecule is COc1ccc2c3c1OC1C[C@@H](OC(=O)c4ccc(N(C)C)c(C)c4)C(C)[C@@]31CCN(C)C2. The number of ether oxygens (including phenoxy) is 3. The van der Waals surface area contributed by atoms with Crippen LogP contribution in [0.15, 0.2) is 30.3 Å². The van der Waals surface area contributed by atoms with Crippen LogP contribution >= 0.6 is 0 Å². The van der Waals surface area contributed by atoms with E-state index in [4.69, 9.17) is 14.2 Å². The second-order valence-corrected chi connectivity index (χ2v) is 10.1. The molecule has 2 aromatic carbocycles. The molecule has 0 saturated heterocycles. The number of hydrogen-bond acceptors (Lipinski definition) is 6. The van der Waals surface area contributed by atoms with Gasteiger partial charge in [-0.25, -0.2) is 4.79 Å². The molecule has 0 aromatic heterocycles. The van der Waals surface area contributed by atoms with E-state index in [0.717, 1.165) is 42.3 Å². The zero-order valence-electron chi connectivity index (χ0n) is 20.5. The Balaban J connectivity index is 1.46. The van der Waals surface area contributed by atoms with Crippen LogP contribution in [0.1, 0.15) is 46.8 Å². The summed E-state index contributed by atoms with van der Waals surface area (Å²) < 4.78 is 18.4. The molecular weight excluding hydrogens is 416 g/mol. The van der Waals surface area contributed by atoms with Crippen LogP contribution in [0.4, 0.5) is 5.69 Å². The maximum absolute atomic E-state index is 13.1. The molecule has 6 heteroatoms. The third-order valence-electron chi connectivity index (χ3n) is 8.06. The van der Waals surface area contributed by atoms with E-state index in [1.807, 2.05) is 50.2 Å². The lowest BCUT2D eigenvalue weighted by atomic mass is 9.69. The van der Waals surface area contributed by atoms with Crippen molar-refractivity contribution in [2.45, 2.75) is 50.9 Å². The fraction of sp³-hybridized carbons (Fsp3) is 0.519. The fourth-order valence-electron chi connectivity index (χ4n) is 6.36. The third kappa shape index (κ3) is 3.30. The van der Waals surface area contributed by atoms with Crippen LogP contribution in [-0.4, -0.2) is 57.9 Å². The molecule has 0 bridgehead atoms. The molecule has 2 unspecified atom stereocenters. The quantitative estimate of drug-likeness (QED) is 0.652. The van der Waals surface area contributed by atoms with Gasteiger partial charge in [0.15, 0.2) is 11.5 Å². The van der Waals surface area contributed by atoms with Crippen molar-refractivity contribution in [3.8, 4) is 11.5 Å². The summed E-state index contributed by atoms with van der Waals surface area (Å²) in [5.74, 6) is 1.58. The normalized spacial score (nSPS) is 27.9. The van der Waals surface area contributed by atoms with Gasteiger partial charge in [0.1, 0.15) is 12.2 Å². The highest BCUT2D eigenvalue weighted by Crippen LogP contribution is 2.61. The van der Waals surface area contributed by atoms with E-state index in [-0.39, 0.29) is 29.5 Å². The van der Waals surface area contributed by atoms with Crippen LogP contribution in [0.3, 0.4) is 0 Å². The number of anilines is 1. The Labute approximate surface area is 196 Å². The standard InChI is InChI=1S/C27H34N2O4/c1-16-13-18(7-9-20(16)28(3)4)26(30)32-22-14-23-27(17(22)2)11-12-29(5)15-19-8-10-21(31-6)25(33-23)24(19)27/h7-10,13,17,22-23H,11-12,14-15H2,1-6H3/t17?,22-,23?,27-/m1/s1. The largest absolute Gasteiger partial charge is 0.493 e. The van der Waals surface area contributed by atoms with E-state index in [1.165, 1.54) is 11.1 Å². The maximum Gasteiger partial charge on any atom is 0.338 e. The lowest BCUT2D eigenvalue weighted by molar-refractivity contribution is 0.0173. The minimum Gasteiger partial charge on any atom is -0.493 e. The van der Waals surface area contributed by atoms with Gasteiger partial charge in [-0.15, -0.1) is 0 Å². The zero-order chi connectivity index (χ0) is 23.5. The minimum atomic E-state index is -0.256. The summed E-state index contributed by atoms with van der Waals surface area (Å²) in [6, 6.07) is 9.96. The monoisotopic (exact) mass is 450 g/mol. The number of benzene rings is 2. The Morgan fingerprint density at radius 1 is 1.24 bits per heavy atom. The first kappa shape index (κ1) is 22.1. The molecule has 5 rings (SSSR count). The number of esters is 1. The Hall–Kier alpha value is -2.73. The second-order valence-electron chi connectivity index (χ2n) is 10.1. The Morgan fingerprint density at radius 2 is 2.03 bits per heavy atom. The fourth-order valence-corrected chi connectivity index (χ4v) is 6.36. The molecule has 176 valence electrons. The molecule has 0 radical (unpaired) electrons. The summed E-state index contributed by atoms with van der Waals surface area (Å²) in [4.78, 5) is 17.6. The van der Waals surface area contributed by atoms with Crippen LogP contribution in [-0.2, 0) is 16.7 Å². The summed E-state index contributed by atoms with van der Waals surface area (Å²) in [5, 5.41) is 0. The first-order valence-electron chi connectivity index (χ1n) is 11.8. The zero-order valence-corrected chi connectivity index (χ0v) is 20.5. The molecule has 0 N–H and O–H groups in total. The van der Waals surface area contributed by atoms with Gasteiger partial charge in [-0.3, -0.25) is 0 Å². The first-order chi connectivity index (χ1) is 15.8. The molecule has 2 aliphatic heterocycles. The van der Waals surface area contributed by atoms with E-state index in [1.54, 1.807) is 7.11 Å². The van der Waals surface area contributed by atoms with E-state index < -0.39 is 0 Å². The Kier molecular flexibility index (Phi) is 5.31. The van der Waals surface area contributed by atoms with Crippen LogP contribution in [0.5, 0.6) is 11.5 Å². The summed E-state index contributed by atoms with van der Waals surface area (Å²) in [6.45, 7) is 6.12. The maximum atomic E-state index is 13.1. The molecule has 33 heavy (non-hydrogen) atoms. The van der Waals surface area contributed by atoms with Crippen LogP contribution < -0.4 is 14.4 Å².